The van der Waals surface area contributed by atoms with Crippen LogP contribution < -0.4 is 22.5 Å². The highest BCUT2D eigenvalue weighted by molar-refractivity contribution is 8.13. The third-order valence-corrected chi connectivity index (χ3v) is 9.22. The average Bonchev–Trinajstić information content (AvgIpc) is 3.56. The number of amidine groups is 1. The molecule has 0 saturated carbocycles. The van der Waals surface area contributed by atoms with Gasteiger partial charge in [-0.25, -0.2) is 4.79 Å². The number of nitrogens with two attached hydrogens (primary N) is 2. The first kappa shape index (κ1) is 29.8. The van der Waals surface area contributed by atoms with E-state index in [1.807, 2.05) is 25.3 Å². The van der Waals surface area contributed by atoms with Crippen LogP contribution in [0.2, 0.25) is 0 Å². The van der Waals surface area contributed by atoms with Gasteiger partial charge in [-0.1, -0.05) is 30.3 Å². The first-order chi connectivity index (χ1) is 19.8. The SMILES string of the molecule is CO[C@@H]1CC(c2cc3cn(-c4ccc([C@@H]5CCC[C@@H](CCSC(=N)N)N5)cc4)c(=O)nc3[nH]2)N(CCC[C@H](C)N)C1. The summed E-state index contributed by atoms with van der Waals surface area (Å²) in [7, 11) is 1.77. The van der Waals surface area contributed by atoms with Crippen molar-refractivity contribution in [3.8, 4) is 5.69 Å². The van der Waals surface area contributed by atoms with E-state index in [1.165, 1.54) is 23.7 Å². The van der Waals surface area contributed by atoms with Crippen LogP contribution in [0.5, 0.6) is 0 Å². The standard InChI is InChI=1S/C30H44N8O2S/c1-19(31)5-4-13-37-18-24(40-2)16-27(37)26-15-21-17-38(30(39)36-28(21)35-26)23-10-8-20(9-11-23)25-7-3-6-22(34-25)12-14-41-29(32)33/h8-11,15,17,19,22,24-25,27,34H,3-7,12-14,16,18,31H2,1-2H3,(H3,32,33)(H,35,36,39)/t19-,22-,24+,25-,27?/m0/s1. The lowest BCUT2D eigenvalue weighted by Gasteiger charge is -2.31. The monoisotopic (exact) mass is 580 g/mol. The molecule has 41 heavy (non-hydrogen) atoms. The molecule has 3 aromatic rings. The Bertz CT molecular complexity index is 1370. The summed E-state index contributed by atoms with van der Waals surface area (Å²) in [6.07, 6.45) is 9.40. The summed E-state index contributed by atoms with van der Waals surface area (Å²) in [4.78, 5) is 23.4. The van der Waals surface area contributed by atoms with E-state index in [9.17, 15) is 4.79 Å². The molecule has 0 radical (unpaired) electrons. The highest BCUT2D eigenvalue weighted by atomic mass is 32.2. The summed E-state index contributed by atoms with van der Waals surface area (Å²) in [5.74, 6) is 0.858. The van der Waals surface area contributed by atoms with Gasteiger partial charge in [-0.2, -0.15) is 4.98 Å². The summed E-state index contributed by atoms with van der Waals surface area (Å²) in [5, 5.41) is 12.3. The number of nitrogens with zero attached hydrogens (tertiary/aromatic N) is 3. The highest BCUT2D eigenvalue weighted by Crippen LogP contribution is 2.34. The number of ether oxygens (including phenoxy) is 1. The Balaban J connectivity index is 1.30. The van der Waals surface area contributed by atoms with Crippen LogP contribution in [0.15, 0.2) is 41.3 Å². The molecule has 2 aromatic heterocycles. The molecule has 2 saturated heterocycles. The maximum absolute atomic E-state index is 13.1. The molecule has 0 bridgehead atoms. The topological polar surface area (TPSA) is 151 Å². The first-order valence-electron chi connectivity index (χ1n) is 14.8. The average molecular weight is 581 g/mol. The minimum Gasteiger partial charge on any atom is -0.380 e. The Morgan fingerprint density at radius 2 is 2.10 bits per heavy atom. The van der Waals surface area contributed by atoms with Gasteiger partial charge < -0.3 is 26.5 Å². The molecule has 5 atom stereocenters. The third kappa shape index (κ3) is 7.39. The van der Waals surface area contributed by atoms with Crippen LogP contribution in [0.25, 0.3) is 16.7 Å². The van der Waals surface area contributed by atoms with Gasteiger partial charge >= 0.3 is 5.69 Å². The number of H-pyrrole nitrogens is 1. The van der Waals surface area contributed by atoms with Gasteiger partial charge in [-0.15, -0.1) is 0 Å². The Morgan fingerprint density at radius 3 is 2.83 bits per heavy atom. The second-order valence-electron chi connectivity index (χ2n) is 11.6. The number of hydrogen-bond acceptors (Lipinski definition) is 8. The lowest BCUT2D eigenvalue weighted by atomic mass is 9.92. The zero-order valence-corrected chi connectivity index (χ0v) is 25.0. The number of aromatic nitrogens is 3. The van der Waals surface area contributed by atoms with Gasteiger partial charge in [0.2, 0.25) is 0 Å². The predicted octanol–water partition coefficient (Wildman–Crippen LogP) is 3.80. The van der Waals surface area contributed by atoms with E-state index < -0.39 is 0 Å². The second-order valence-corrected chi connectivity index (χ2v) is 12.7. The molecule has 0 amide bonds. The van der Waals surface area contributed by atoms with Crippen LogP contribution in [0.4, 0.5) is 0 Å². The van der Waals surface area contributed by atoms with E-state index >= 15 is 0 Å². The van der Waals surface area contributed by atoms with E-state index in [2.05, 4.69) is 38.4 Å². The van der Waals surface area contributed by atoms with Crippen molar-refractivity contribution in [3.63, 3.8) is 0 Å². The number of benzene rings is 1. The molecule has 4 heterocycles. The van der Waals surface area contributed by atoms with E-state index in [4.69, 9.17) is 21.6 Å². The van der Waals surface area contributed by atoms with Crippen LogP contribution in [-0.2, 0) is 4.74 Å². The number of hydrogen-bond donors (Lipinski definition) is 5. The second kappa shape index (κ2) is 13.5. The van der Waals surface area contributed by atoms with Crippen LogP contribution in [0, 0.1) is 5.41 Å². The number of methoxy groups -OCH3 is 1. The molecule has 2 aliphatic heterocycles. The summed E-state index contributed by atoms with van der Waals surface area (Å²) >= 11 is 1.41. The molecule has 2 fully saturated rings. The fourth-order valence-corrected chi connectivity index (χ4v) is 6.91. The summed E-state index contributed by atoms with van der Waals surface area (Å²) in [6, 6.07) is 11.5. The number of likely N-dealkylation sites (tertiary alicyclic amines) is 1. The van der Waals surface area contributed by atoms with E-state index in [0.717, 1.165) is 74.1 Å². The predicted molar refractivity (Wildman–Crippen MR) is 167 cm³/mol. The minimum atomic E-state index is -0.299. The highest BCUT2D eigenvalue weighted by Gasteiger charge is 2.34. The van der Waals surface area contributed by atoms with Gasteiger partial charge in [0.1, 0.15) is 5.65 Å². The largest absolute Gasteiger partial charge is 0.380 e. The van der Waals surface area contributed by atoms with Crippen LogP contribution >= 0.6 is 11.8 Å². The van der Waals surface area contributed by atoms with Gasteiger partial charge in [-0.3, -0.25) is 14.9 Å². The maximum Gasteiger partial charge on any atom is 0.354 e. The van der Waals surface area contributed by atoms with Gasteiger partial charge in [-0.05, 0) is 75.8 Å². The molecule has 7 N–H and O–H groups in total. The molecule has 11 heteroatoms. The molecule has 222 valence electrons. The summed E-state index contributed by atoms with van der Waals surface area (Å²) in [6.45, 7) is 3.89. The molecule has 1 unspecified atom stereocenters. The Hall–Kier alpha value is -2.70. The fraction of sp³-hybridized carbons (Fsp3) is 0.567. The Morgan fingerprint density at radius 1 is 1.29 bits per heavy atom. The number of aromatic amines is 1. The van der Waals surface area contributed by atoms with Crippen molar-refractivity contribution < 1.29 is 4.74 Å². The maximum atomic E-state index is 13.1. The molecule has 0 spiro atoms. The third-order valence-electron chi connectivity index (χ3n) is 8.47. The Kier molecular flexibility index (Phi) is 9.82. The lowest BCUT2D eigenvalue weighted by Crippen LogP contribution is -2.37. The zero-order valence-electron chi connectivity index (χ0n) is 24.1. The summed E-state index contributed by atoms with van der Waals surface area (Å²) in [5.41, 5.74) is 14.9. The number of nitrogens with one attached hydrogen (secondary N) is 3. The first-order valence-corrected chi connectivity index (χ1v) is 15.8. The molecule has 2 aliphatic rings. The number of fused-ring (bicyclic) bond motifs is 1. The van der Waals surface area contributed by atoms with Crippen molar-refractivity contribution >= 4 is 28.0 Å². The Labute approximate surface area is 246 Å². The normalized spacial score (nSPS) is 24.2. The number of rotatable bonds is 11. The minimum absolute atomic E-state index is 0.181. The van der Waals surface area contributed by atoms with Crippen molar-refractivity contribution in [2.24, 2.45) is 11.5 Å². The van der Waals surface area contributed by atoms with Crippen LogP contribution in [0.1, 0.15) is 75.2 Å². The quantitative estimate of drug-likeness (QED) is 0.170. The smallest absolute Gasteiger partial charge is 0.354 e. The van der Waals surface area contributed by atoms with Gasteiger partial charge in [0.25, 0.3) is 0 Å². The van der Waals surface area contributed by atoms with Crippen molar-refractivity contribution in [1.82, 2.24) is 24.8 Å². The molecule has 0 aliphatic carbocycles. The molecular weight excluding hydrogens is 536 g/mol. The van der Waals surface area contributed by atoms with Gasteiger partial charge in [0, 0.05) is 54.8 Å². The number of piperidine rings is 1. The van der Waals surface area contributed by atoms with Crippen molar-refractivity contribution in [3.05, 3.63) is 58.3 Å². The molecule has 5 rings (SSSR count). The van der Waals surface area contributed by atoms with Crippen molar-refractivity contribution in [2.45, 2.75) is 82.1 Å². The molecular formula is C30H44N8O2S. The van der Waals surface area contributed by atoms with E-state index in [0.29, 0.717) is 11.7 Å². The van der Waals surface area contributed by atoms with E-state index in [1.54, 1.807) is 11.7 Å². The van der Waals surface area contributed by atoms with Crippen molar-refractivity contribution in [2.75, 3.05) is 26.0 Å². The van der Waals surface area contributed by atoms with Gasteiger partial charge in [0.15, 0.2) is 5.17 Å². The van der Waals surface area contributed by atoms with E-state index in [-0.39, 0.29) is 35.1 Å². The fourth-order valence-electron chi connectivity index (χ4n) is 6.29. The zero-order chi connectivity index (χ0) is 28.9. The van der Waals surface area contributed by atoms with Crippen LogP contribution in [-0.4, -0.2) is 68.7 Å². The van der Waals surface area contributed by atoms with Crippen molar-refractivity contribution in [1.29, 1.82) is 5.41 Å². The van der Waals surface area contributed by atoms with Gasteiger partial charge in [0.05, 0.1) is 17.8 Å². The van der Waals surface area contributed by atoms with Crippen LogP contribution in [0.3, 0.4) is 0 Å². The lowest BCUT2D eigenvalue weighted by molar-refractivity contribution is 0.108. The number of thioether (sulfide) groups is 1. The molecule has 1 aromatic carbocycles. The molecule has 10 nitrogen and oxygen atoms in total. The summed E-state index contributed by atoms with van der Waals surface area (Å²) < 4.78 is 7.34.